The zero-order chi connectivity index (χ0) is 30.2. The van der Waals surface area contributed by atoms with Crippen LogP contribution in [0.25, 0.3) is 22.0 Å². The number of pyridine rings is 2. The number of thiol groups is 1. The van der Waals surface area contributed by atoms with Crippen LogP contribution in [0.3, 0.4) is 0 Å². The smallest absolute Gasteiger partial charge is 0.252 e. The molecule has 7 rings (SSSR count). The summed E-state index contributed by atoms with van der Waals surface area (Å²) in [5.41, 5.74) is 6.28. The van der Waals surface area contributed by atoms with Gasteiger partial charge in [0.25, 0.3) is 5.91 Å². The van der Waals surface area contributed by atoms with Crippen molar-refractivity contribution in [1.82, 2.24) is 20.6 Å². The van der Waals surface area contributed by atoms with Crippen molar-refractivity contribution >= 4 is 35.1 Å². The largest absolute Gasteiger partial charge is 0.497 e. The van der Waals surface area contributed by atoms with E-state index >= 15 is 0 Å². The van der Waals surface area contributed by atoms with Crippen LogP contribution in [-0.4, -0.2) is 62.1 Å². The monoisotopic (exact) mass is 597 g/mol. The van der Waals surface area contributed by atoms with Gasteiger partial charge in [-0.25, -0.2) is 0 Å². The van der Waals surface area contributed by atoms with Crippen LogP contribution in [0, 0.1) is 6.92 Å². The fourth-order valence-electron chi connectivity index (χ4n) is 5.29. The van der Waals surface area contributed by atoms with Gasteiger partial charge in [-0.15, -0.1) is 0 Å². The van der Waals surface area contributed by atoms with E-state index in [1.54, 1.807) is 19.4 Å². The van der Waals surface area contributed by atoms with Gasteiger partial charge in [0, 0.05) is 48.5 Å². The minimum Gasteiger partial charge on any atom is -0.497 e. The summed E-state index contributed by atoms with van der Waals surface area (Å²) in [6.07, 6.45) is 13.1. The van der Waals surface area contributed by atoms with Crippen LogP contribution in [0.4, 0.5) is 5.69 Å². The van der Waals surface area contributed by atoms with E-state index in [9.17, 15) is 4.79 Å². The van der Waals surface area contributed by atoms with Gasteiger partial charge in [0.1, 0.15) is 5.75 Å². The molecule has 3 aliphatic rings. The van der Waals surface area contributed by atoms with Crippen LogP contribution in [0.15, 0.2) is 79.4 Å². The van der Waals surface area contributed by atoms with Crippen LogP contribution in [0.1, 0.15) is 34.3 Å². The molecule has 1 amide bonds. The Hall–Kier alpha value is -4.08. The molecule has 1 saturated carbocycles. The molecule has 2 N–H and O–H groups in total. The third kappa shape index (κ3) is 6.95. The summed E-state index contributed by atoms with van der Waals surface area (Å²) in [6.45, 7) is 6.18. The molecule has 0 atom stereocenters. The molecular formula is C34H39N5O3S. The topological polar surface area (TPSA) is 88.6 Å². The summed E-state index contributed by atoms with van der Waals surface area (Å²) in [4.78, 5) is 25.0. The van der Waals surface area contributed by atoms with E-state index in [1.807, 2.05) is 49.9 Å². The molecule has 2 aromatic carbocycles. The Bertz CT molecular complexity index is 1590. The van der Waals surface area contributed by atoms with Gasteiger partial charge in [0.15, 0.2) is 0 Å². The molecule has 2 aliphatic heterocycles. The summed E-state index contributed by atoms with van der Waals surface area (Å²) < 4.78 is 10.9. The SMILES string of the molecule is C1=CNC1.COc1ccc(C)c(C(=O)NC2(c3cc(-c4cncc(N5CCOCC5)c4)cc4ncccc34)CC2)c1.CS. The number of hydrogen-bond donors (Lipinski definition) is 3. The van der Waals surface area contributed by atoms with Crippen molar-refractivity contribution in [3.63, 3.8) is 0 Å². The van der Waals surface area contributed by atoms with Gasteiger partial charge in [-0.3, -0.25) is 14.8 Å². The van der Waals surface area contributed by atoms with E-state index in [2.05, 4.69) is 68.5 Å². The highest BCUT2D eigenvalue weighted by atomic mass is 32.1. The van der Waals surface area contributed by atoms with Crippen LogP contribution < -0.4 is 20.3 Å². The van der Waals surface area contributed by atoms with Crippen molar-refractivity contribution in [1.29, 1.82) is 0 Å². The highest BCUT2D eigenvalue weighted by molar-refractivity contribution is 7.79. The van der Waals surface area contributed by atoms with Crippen molar-refractivity contribution in [2.24, 2.45) is 0 Å². The Morgan fingerprint density at radius 2 is 1.81 bits per heavy atom. The first-order valence-electron chi connectivity index (χ1n) is 14.5. The number of hydrogen-bond acceptors (Lipinski definition) is 8. The number of carbonyl (C=O) groups is 1. The molecule has 0 radical (unpaired) electrons. The first-order valence-corrected chi connectivity index (χ1v) is 15.4. The average Bonchev–Trinajstić information content (AvgIpc) is 3.81. The second kappa shape index (κ2) is 13.9. The maximum Gasteiger partial charge on any atom is 0.252 e. The summed E-state index contributed by atoms with van der Waals surface area (Å²) in [6, 6.07) is 16.1. The Morgan fingerprint density at radius 1 is 1.07 bits per heavy atom. The number of nitrogens with one attached hydrogen (secondary N) is 2. The lowest BCUT2D eigenvalue weighted by molar-refractivity contribution is 0.0930. The van der Waals surface area contributed by atoms with E-state index in [0.717, 1.165) is 84.5 Å². The molecule has 2 fully saturated rings. The molecule has 43 heavy (non-hydrogen) atoms. The molecular weight excluding hydrogens is 558 g/mol. The lowest BCUT2D eigenvalue weighted by Crippen LogP contribution is -2.36. The van der Waals surface area contributed by atoms with Gasteiger partial charge < -0.3 is 25.0 Å². The Labute approximate surface area is 258 Å². The van der Waals surface area contributed by atoms with Gasteiger partial charge in [-0.05, 0) is 91.4 Å². The summed E-state index contributed by atoms with van der Waals surface area (Å²) in [5, 5.41) is 7.36. The van der Waals surface area contributed by atoms with Crippen molar-refractivity contribution in [2.75, 3.05) is 51.1 Å². The fourth-order valence-corrected chi connectivity index (χ4v) is 5.29. The van der Waals surface area contributed by atoms with Crippen LogP contribution >= 0.6 is 12.6 Å². The number of morpholine rings is 1. The highest BCUT2D eigenvalue weighted by Gasteiger charge is 2.47. The molecule has 4 heterocycles. The number of rotatable bonds is 6. The molecule has 0 unspecified atom stereocenters. The first kappa shape index (κ1) is 30.4. The van der Waals surface area contributed by atoms with Crippen molar-refractivity contribution in [3.05, 3.63) is 96.1 Å². The quantitative estimate of drug-likeness (QED) is 0.252. The second-order valence-corrected chi connectivity index (χ2v) is 10.7. The lowest BCUT2D eigenvalue weighted by atomic mass is 9.93. The average molecular weight is 598 g/mol. The number of aryl methyl sites for hydroxylation is 1. The minimum absolute atomic E-state index is 0.0904. The molecule has 0 bridgehead atoms. The standard InChI is InChI=1S/C30H30N4O3.C3H5N.CH4S/c1-20-5-6-24(36-2)17-26(20)29(35)33-30(7-8-30)27-15-21(16-28-25(27)4-3-9-32-28)22-14-23(19-31-18-22)34-10-12-37-13-11-34;1-2-4-3-1;1-2/h3-6,9,14-19H,7-8,10-13H2,1-2H3,(H,33,35);1-2,4H,3H2;2H,1H3. The fraction of sp³-hybridized carbons (Fsp3) is 0.324. The Balaban J connectivity index is 0.000000558. The number of nitrogens with zero attached hydrogens (tertiary/aromatic N) is 3. The van der Waals surface area contributed by atoms with Gasteiger partial charge in [-0.1, -0.05) is 12.1 Å². The van der Waals surface area contributed by atoms with Crippen molar-refractivity contribution in [2.45, 2.75) is 25.3 Å². The molecule has 1 saturated heterocycles. The molecule has 0 spiro atoms. The normalized spacial score (nSPS) is 16.0. The predicted molar refractivity (Wildman–Crippen MR) is 176 cm³/mol. The Kier molecular flexibility index (Phi) is 9.84. The van der Waals surface area contributed by atoms with Crippen molar-refractivity contribution < 1.29 is 14.3 Å². The van der Waals surface area contributed by atoms with Crippen LogP contribution in [-0.2, 0) is 10.3 Å². The van der Waals surface area contributed by atoms with E-state index in [4.69, 9.17) is 9.47 Å². The highest BCUT2D eigenvalue weighted by Crippen LogP contribution is 2.49. The van der Waals surface area contributed by atoms with Gasteiger partial charge >= 0.3 is 0 Å². The van der Waals surface area contributed by atoms with Gasteiger partial charge in [0.2, 0.25) is 0 Å². The van der Waals surface area contributed by atoms with Gasteiger partial charge in [0.05, 0.1) is 43.3 Å². The number of aromatic nitrogens is 2. The van der Waals surface area contributed by atoms with E-state index in [-0.39, 0.29) is 5.91 Å². The number of benzene rings is 2. The maximum atomic E-state index is 13.5. The van der Waals surface area contributed by atoms with Crippen LogP contribution in [0.5, 0.6) is 5.75 Å². The zero-order valence-corrected chi connectivity index (χ0v) is 25.9. The second-order valence-electron chi connectivity index (χ2n) is 10.7. The molecule has 4 aromatic rings. The zero-order valence-electron chi connectivity index (χ0n) is 25.0. The van der Waals surface area contributed by atoms with Gasteiger partial charge in [-0.2, -0.15) is 12.6 Å². The number of amides is 1. The maximum absolute atomic E-state index is 13.5. The molecule has 8 nitrogen and oxygen atoms in total. The number of carbonyl (C=O) groups excluding carboxylic acids is 1. The number of ether oxygens (including phenoxy) is 2. The first-order chi connectivity index (χ1) is 21.1. The summed E-state index contributed by atoms with van der Waals surface area (Å²) in [5.74, 6) is 0.581. The Morgan fingerprint density at radius 3 is 2.49 bits per heavy atom. The number of anilines is 1. The van der Waals surface area contributed by atoms with E-state index in [1.165, 1.54) is 0 Å². The van der Waals surface area contributed by atoms with E-state index in [0.29, 0.717) is 11.3 Å². The number of fused-ring (bicyclic) bond motifs is 1. The van der Waals surface area contributed by atoms with Crippen LogP contribution in [0.2, 0.25) is 0 Å². The predicted octanol–water partition coefficient (Wildman–Crippen LogP) is 5.52. The minimum atomic E-state index is -0.431. The molecule has 224 valence electrons. The molecule has 1 aliphatic carbocycles. The summed E-state index contributed by atoms with van der Waals surface area (Å²) >= 11 is 3.53. The summed E-state index contributed by atoms with van der Waals surface area (Å²) in [7, 11) is 1.61. The third-order valence-corrected chi connectivity index (χ3v) is 7.93. The van der Waals surface area contributed by atoms with E-state index < -0.39 is 5.54 Å². The molecule has 9 heteroatoms. The lowest BCUT2D eigenvalue weighted by Gasteiger charge is -2.28. The molecule has 2 aromatic heterocycles. The third-order valence-electron chi connectivity index (χ3n) is 7.93. The number of methoxy groups -OCH3 is 1. The van der Waals surface area contributed by atoms with Crippen molar-refractivity contribution in [3.8, 4) is 16.9 Å².